The molecular weight excluding hydrogens is 443 g/mol. The molecule has 0 radical (unpaired) electrons. The van der Waals surface area contributed by atoms with Gasteiger partial charge in [0.15, 0.2) is 0 Å². The maximum Gasteiger partial charge on any atom is 0.101 e. The minimum atomic E-state index is 0. The summed E-state index contributed by atoms with van der Waals surface area (Å²) in [4.78, 5) is 4.90. The van der Waals surface area contributed by atoms with Gasteiger partial charge in [-0.3, -0.25) is 0 Å². The molecule has 1 aromatic rings. The van der Waals surface area contributed by atoms with Gasteiger partial charge in [0.05, 0.1) is 6.67 Å². The van der Waals surface area contributed by atoms with Gasteiger partial charge in [0.2, 0.25) is 0 Å². The molecule has 27 heavy (non-hydrogen) atoms. The number of hydrogen-bond donors (Lipinski definition) is 0. The number of halogens is 3. The standard InChI is InChI=1S/C22H34BrClN2.ClH/c1-4-5-6-7-8-9-10-11-15-25-17-26(19(3)22(25)23)16-20-13-12-14-21(24)18(20)2;/h12-14H,4-11,15-17H2,1-3H3;1H. The van der Waals surface area contributed by atoms with E-state index in [2.05, 4.69) is 52.6 Å². The van der Waals surface area contributed by atoms with Gasteiger partial charge < -0.3 is 9.80 Å². The van der Waals surface area contributed by atoms with Crippen LogP contribution >= 0.6 is 39.9 Å². The lowest BCUT2D eigenvalue weighted by molar-refractivity contribution is 0.244. The van der Waals surface area contributed by atoms with Crippen molar-refractivity contribution >= 4 is 39.9 Å². The van der Waals surface area contributed by atoms with E-state index in [4.69, 9.17) is 11.6 Å². The first-order valence-corrected chi connectivity index (χ1v) is 11.3. The van der Waals surface area contributed by atoms with Crippen LogP contribution in [0.3, 0.4) is 0 Å². The van der Waals surface area contributed by atoms with Crippen molar-refractivity contribution in [3.8, 4) is 0 Å². The van der Waals surface area contributed by atoms with Gasteiger partial charge in [-0.15, -0.1) is 12.4 Å². The van der Waals surface area contributed by atoms with Crippen molar-refractivity contribution in [2.45, 2.75) is 78.7 Å². The first kappa shape index (κ1) is 24.7. The Hall–Kier alpha value is -0.380. The predicted octanol–water partition coefficient (Wildman–Crippen LogP) is 7.87. The van der Waals surface area contributed by atoms with E-state index in [0.717, 1.165) is 24.8 Å². The Morgan fingerprint density at radius 2 is 1.59 bits per heavy atom. The average Bonchev–Trinajstić information content (AvgIpc) is 2.89. The second kappa shape index (κ2) is 13.0. The van der Waals surface area contributed by atoms with Crippen molar-refractivity contribution in [2.24, 2.45) is 0 Å². The molecular formula is C22H35BrCl2N2. The Balaban J connectivity index is 0.00000364. The highest BCUT2D eigenvalue weighted by atomic mass is 79.9. The molecule has 2 nitrogen and oxygen atoms in total. The van der Waals surface area contributed by atoms with Crippen LogP contribution in [0.1, 0.15) is 76.3 Å². The van der Waals surface area contributed by atoms with Gasteiger partial charge >= 0.3 is 0 Å². The molecule has 5 heteroatoms. The van der Waals surface area contributed by atoms with Crippen molar-refractivity contribution in [1.29, 1.82) is 0 Å². The van der Waals surface area contributed by atoms with E-state index in [1.165, 1.54) is 72.8 Å². The summed E-state index contributed by atoms with van der Waals surface area (Å²) in [7, 11) is 0. The minimum absolute atomic E-state index is 0. The van der Waals surface area contributed by atoms with Gasteiger partial charge in [0.1, 0.15) is 4.61 Å². The van der Waals surface area contributed by atoms with E-state index in [1.807, 2.05) is 12.1 Å². The third kappa shape index (κ3) is 7.51. The summed E-state index contributed by atoms with van der Waals surface area (Å²) in [5, 5.41) is 0.859. The Kier molecular flexibility index (Phi) is 11.8. The van der Waals surface area contributed by atoms with Gasteiger partial charge in [-0.1, -0.05) is 75.6 Å². The van der Waals surface area contributed by atoms with E-state index in [-0.39, 0.29) is 12.4 Å². The summed E-state index contributed by atoms with van der Waals surface area (Å²) in [5.41, 5.74) is 3.83. The van der Waals surface area contributed by atoms with Crippen LogP contribution in [0.5, 0.6) is 0 Å². The Morgan fingerprint density at radius 3 is 2.26 bits per heavy atom. The van der Waals surface area contributed by atoms with Gasteiger partial charge in [-0.05, 0) is 53.4 Å². The first-order valence-electron chi connectivity index (χ1n) is 10.1. The second-order valence-corrected chi connectivity index (χ2v) is 8.64. The van der Waals surface area contributed by atoms with Crippen LogP contribution in [0, 0.1) is 6.92 Å². The highest BCUT2D eigenvalue weighted by Gasteiger charge is 2.24. The topological polar surface area (TPSA) is 6.48 Å². The molecule has 1 heterocycles. The molecule has 0 atom stereocenters. The quantitative estimate of drug-likeness (QED) is 0.236. The largest absolute Gasteiger partial charge is 0.351 e. The van der Waals surface area contributed by atoms with Crippen LogP contribution < -0.4 is 0 Å². The molecule has 0 saturated heterocycles. The number of unbranched alkanes of at least 4 members (excludes halogenated alkanes) is 7. The zero-order valence-electron chi connectivity index (χ0n) is 17.1. The summed E-state index contributed by atoms with van der Waals surface area (Å²) in [6.07, 6.45) is 10.9. The maximum absolute atomic E-state index is 6.28. The molecule has 2 rings (SSSR count). The monoisotopic (exact) mass is 476 g/mol. The Bertz CT molecular complexity index is 604. The van der Waals surface area contributed by atoms with Gasteiger partial charge in [-0.2, -0.15) is 0 Å². The summed E-state index contributed by atoms with van der Waals surface area (Å²) in [5.74, 6) is 0. The van der Waals surface area contributed by atoms with Crippen LogP contribution in [0.2, 0.25) is 5.02 Å². The van der Waals surface area contributed by atoms with Crippen molar-refractivity contribution in [3.05, 3.63) is 44.7 Å². The normalized spacial score (nSPS) is 14.1. The second-order valence-electron chi connectivity index (χ2n) is 7.48. The van der Waals surface area contributed by atoms with Crippen LogP contribution in [-0.4, -0.2) is 23.0 Å². The number of hydrogen-bond acceptors (Lipinski definition) is 2. The molecule has 0 aromatic heterocycles. The summed E-state index contributed by atoms with van der Waals surface area (Å²) in [6, 6.07) is 6.20. The maximum atomic E-state index is 6.28. The minimum Gasteiger partial charge on any atom is -0.351 e. The van der Waals surface area contributed by atoms with Crippen LogP contribution in [0.15, 0.2) is 28.5 Å². The predicted molar refractivity (Wildman–Crippen MR) is 125 cm³/mol. The molecule has 1 aliphatic heterocycles. The number of allylic oxidation sites excluding steroid dienone is 1. The fourth-order valence-electron chi connectivity index (χ4n) is 3.54. The highest BCUT2D eigenvalue weighted by molar-refractivity contribution is 9.11. The molecule has 0 saturated carbocycles. The van der Waals surface area contributed by atoms with Crippen molar-refractivity contribution in [3.63, 3.8) is 0 Å². The molecule has 1 aliphatic rings. The van der Waals surface area contributed by atoms with Crippen LogP contribution in [0.25, 0.3) is 0 Å². The molecule has 0 aliphatic carbocycles. The molecule has 0 N–H and O–H groups in total. The lowest BCUT2D eigenvalue weighted by atomic mass is 10.1. The number of rotatable bonds is 11. The first-order chi connectivity index (χ1) is 12.5. The van der Waals surface area contributed by atoms with Crippen molar-refractivity contribution in [2.75, 3.05) is 13.2 Å². The van der Waals surface area contributed by atoms with Crippen LogP contribution in [-0.2, 0) is 6.54 Å². The van der Waals surface area contributed by atoms with Gasteiger partial charge in [-0.25, -0.2) is 0 Å². The Morgan fingerprint density at radius 1 is 0.963 bits per heavy atom. The van der Waals surface area contributed by atoms with Crippen LogP contribution in [0.4, 0.5) is 0 Å². The summed E-state index contributed by atoms with van der Waals surface area (Å²) in [6.45, 7) is 9.62. The molecule has 0 spiro atoms. The third-order valence-corrected chi connectivity index (χ3v) is 6.90. The van der Waals surface area contributed by atoms with Crippen molar-refractivity contribution < 1.29 is 0 Å². The van der Waals surface area contributed by atoms with E-state index < -0.39 is 0 Å². The SMILES string of the molecule is CCCCCCCCCCN1CN(Cc2cccc(Cl)c2C)C(C)=C1Br.Cl. The molecule has 0 amide bonds. The zero-order valence-corrected chi connectivity index (χ0v) is 20.2. The number of nitrogens with zero attached hydrogens (tertiary/aromatic N) is 2. The lowest BCUT2D eigenvalue weighted by Crippen LogP contribution is -2.27. The van der Waals surface area contributed by atoms with Gasteiger partial charge in [0.25, 0.3) is 0 Å². The summed E-state index contributed by atoms with van der Waals surface area (Å²) < 4.78 is 1.25. The lowest BCUT2D eigenvalue weighted by Gasteiger charge is -2.24. The van der Waals surface area contributed by atoms with E-state index in [0.29, 0.717) is 0 Å². The van der Waals surface area contributed by atoms with E-state index >= 15 is 0 Å². The Labute approximate surface area is 185 Å². The number of benzene rings is 1. The van der Waals surface area contributed by atoms with E-state index in [9.17, 15) is 0 Å². The average molecular weight is 478 g/mol. The fraction of sp³-hybridized carbons (Fsp3) is 0.636. The summed E-state index contributed by atoms with van der Waals surface area (Å²) >= 11 is 10.1. The third-order valence-electron chi connectivity index (χ3n) is 5.41. The highest BCUT2D eigenvalue weighted by Crippen LogP contribution is 2.31. The molecule has 0 fully saturated rings. The molecule has 1 aromatic carbocycles. The van der Waals surface area contributed by atoms with Crippen molar-refractivity contribution in [1.82, 2.24) is 9.80 Å². The molecule has 0 unspecified atom stereocenters. The van der Waals surface area contributed by atoms with E-state index in [1.54, 1.807) is 0 Å². The molecule has 0 bridgehead atoms. The zero-order chi connectivity index (χ0) is 18.9. The molecule has 154 valence electrons. The fourth-order valence-corrected chi connectivity index (χ4v) is 4.27. The van der Waals surface area contributed by atoms with Gasteiger partial charge in [0, 0.05) is 23.8 Å². The smallest absolute Gasteiger partial charge is 0.101 e.